The quantitative estimate of drug-likeness (QED) is 0.886. The first-order valence-electron chi connectivity index (χ1n) is 6.65. The topological polar surface area (TPSA) is 67.3 Å². The minimum Gasteiger partial charge on any atom is -0.386 e. The maximum absolute atomic E-state index is 10.3. The van der Waals surface area contributed by atoms with Gasteiger partial charge in [-0.15, -0.1) is 0 Å². The molecule has 0 spiro atoms. The molecule has 2 aromatic heterocycles. The number of aliphatic hydroxyl groups is 1. The van der Waals surface area contributed by atoms with E-state index in [9.17, 15) is 5.11 Å². The van der Waals surface area contributed by atoms with Gasteiger partial charge in [0.1, 0.15) is 5.60 Å². The summed E-state index contributed by atoms with van der Waals surface area (Å²) >= 11 is 0. The first-order valence-corrected chi connectivity index (χ1v) is 6.65. The highest BCUT2D eigenvalue weighted by atomic mass is 16.5. The molecule has 1 saturated heterocycles. The predicted octanol–water partition coefficient (Wildman–Crippen LogP) is 1.71. The number of anilines is 1. The Hall–Kier alpha value is -1.98. The van der Waals surface area contributed by atoms with Crippen molar-refractivity contribution in [2.24, 2.45) is 0 Å². The highest BCUT2D eigenvalue weighted by Gasteiger charge is 2.32. The summed E-state index contributed by atoms with van der Waals surface area (Å²) in [5.41, 5.74) is 2.13. The van der Waals surface area contributed by atoms with E-state index in [0.29, 0.717) is 26.2 Å². The summed E-state index contributed by atoms with van der Waals surface area (Å²) in [6.45, 7) is 1.46. The second-order valence-corrected chi connectivity index (χ2v) is 5.04. The Morgan fingerprint density at radius 1 is 1.25 bits per heavy atom. The normalized spacial score (nSPS) is 21.9. The molecule has 1 unspecified atom stereocenters. The van der Waals surface area contributed by atoms with Gasteiger partial charge in [-0.3, -0.25) is 9.97 Å². The van der Waals surface area contributed by atoms with Crippen molar-refractivity contribution in [3.8, 4) is 11.1 Å². The molecule has 2 N–H and O–H groups in total. The van der Waals surface area contributed by atoms with Crippen molar-refractivity contribution in [1.29, 1.82) is 0 Å². The van der Waals surface area contributed by atoms with Gasteiger partial charge in [-0.2, -0.15) is 0 Å². The average molecular weight is 271 g/mol. The molecule has 5 nitrogen and oxygen atoms in total. The van der Waals surface area contributed by atoms with Gasteiger partial charge in [0, 0.05) is 61.2 Å². The summed E-state index contributed by atoms with van der Waals surface area (Å²) in [6, 6.07) is 5.79. The zero-order valence-electron chi connectivity index (χ0n) is 11.1. The third-order valence-electron chi connectivity index (χ3n) is 3.48. The van der Waals surface area contributed by atoms with Crippen molar-refractivity contribution in [3.63, 3.8) is 0 Å². The summed E-state index contributed by atoms with van der Waals surface area (Å²) < 4.78 is 5.25. The average Bonchev–Trinajstić information content (AvgIpc) is 2.94. The van der Waals surface area contributed by atoms with E-state index in [1.807, 2.05) is 18.2 Å². The first-order chi connectivity index (χ1) is 9.77. The summed E-state index contributed by atoms with van der Waals surface area (Å²) in [5.74, 6) is 0. The Labute approximate surface area is 117 Å². The number of hydrogen-bond donors (Lipinski definition) is 2. The number of pyridine rings is 2. The Morgan fingerprint density at radius 3 is 2.90 bits per heavy atom. The smallest absolute Gasteiger partial charge is 0.107 e. The fourth-order valence-electron chi connectivity index (χ4n) is 2.30. The molecule has 0 amide bonds. The summed E-state index contributed by atoms with van der Waals surface area (Å²) in [7, 11) is 0. The number of nitrogens with one attached hydrogen (secondary N) is 1. The van der Waals surface area contributed by atoms with Crippen LogP contribution in [-0.4, -0.2) is 40.4 Å². The van der Waals surface area contributed by atoms with Crippen molar-refractivity contribution in [3.05, 3.63) is 43.0 Å². The zero-order valence-corrected chi connectivity index (χ0v) is 11.1. The van der Waals surface area contributed by atoms with Gasteiger partial charge in [0.15, 0.2) is 0 Å². The maximum Gasteiger partial charge on any atom is 0.107 e. The van der Waals surface area contributed by atoms with Crippen LogP contribution in [0.1, 0.15) is 6.42 Å². The number of nitrogens with zero attached hydrogens (tertiary/aromatic N) is 2. The molecule has 0 aliphatic carbocycles. The Morgan fingerprint density at radius 2 is 2.15 bits per heavy atom. The van der Waals surface area contributed by atoms with Crippen LogP contribution in [0.25, 0.3) is 11.1 Å². The van der Waals surface area contributed by atoms with Crippen molar-refractivity contribution >= 4 is 5.69 Å². The van der Waals surface area contributed by atoms with E-state index in [1.54, 1.807) is 24.8 Å². The molecule has 0 bridgehead atoms. The molecular formula is C15H17N3O2. The van der Waals surface area contributed by atoms with Crippen LogP contribution in [-0.2, 0) is 4.74 Å². The van der Waals surface area contributed by atoms with E-state index in [0.717, 1.165) is 16.8 Å². The molecule has 5 heteroatoms. The van der Waals surface area contributed by atoms with Gasteiger partial charge in [0.05, 0.1) is 6.61 Å². The number of rotatable bonds is 4. The van der Waals surface area contributed by atoms with E-state index >= 15 is 0 Å². The van der Waals surface area contributed by atoms with Crippen LogP contribution in [0.4, 0.5) is 5.69 Å². The Balaban J connectivity index is 1.80. The van der Waals surface area contributed by atoms with Crippen molar-refractivity contribution < 1.29 is 9.84 Å². The van der Waals surface area contributed by atoms with Crippen molar-refractivity contribution in [2.45, 2.75) is 12.0 Å². The van der Waals surface area contributed by atoms with Gasteiger partial charge in [-0.25, -0.2) is 0 Å². The highest BCUT2D eigenvalue weighted by molar-refractivity contribution is 5.76. The molecule has 3 rings (SSSR count). The van der Waals surface area contributed by atoms with Gasteiger partial charge in [0.2, 0.25) is 0 Å². The molecule has 1 atom stereocenters. The molecule has 104 valence electrons. The minimum absolute atomic E-state index is 0.382. The van der Waals surface area contributed by atoms with Gasteiger partial charge in [-0.1, -0.05) is 6.07 Å². The largest absolute Gasteiger partial charge is 0.386 e. The van der Waals surface area contributed by atoms with Crippen molar-refractivity contribution in [1.82, 2.24) is 9.97 Å². The third kappa shape index (κ3) is 2.79. The second kappa shape index (κ2) is 5.56. The fraction of sp³-hybridized carbons (Fsp3) is 0.333. The van der Waals surface area contributed by atoms with E-state index in [-0.39, 0.29) is 0 Å². The molecule has 1 fully saturated rings. The summed E-state index contributed by atoms with van der Waals surface area (Å²) in [6.07, 6.45) is 7.74. The number of ether oxygens (including phenoxy) is 1. The Kier molecular flexibility index (Phi) is 3.62. The predicted molar refractivity (Wildman–Crippen MR) is 76.3 cm³/mol. The standard InChI is InChI=1S/C15H17N3O2/c19-15(4-7-20-11-15)10-18-14-3-6-17-9-13(14)12-2-1-5-16-8-12/h1-3,5-6,8-9,19H,4,7,10-11H2,(H,17,18). The van der Waals surface area contributed by atoms with Crippen LogP contribution in [0.3, 0.4) is 0 Å². The molecule has 0 saturated carbocycles. The highest BCUT2D eigenvalue weighted by Crippen LogP contribution is 2.27. The van der Waals surface area contributed by atoms with E-state index in [2.05, 4.69) is 15.3 Å². The molecule has 2 aromatic rings. The minimum atomic E-state index is -0.782. The monoisotopic (exact) mass is 271 g/mol. The fourth-order valence-corrected chi connectivity index (χ4v) is 2.30. The third-order valence-corrected chi connectivity index (χ3v) is 3.48. The zero-order chi connectivity index (χ0) is 13.8. The second-order valence-electron chi connectivity index (χ2n) is 5.04. The van der Waals surface area contributed by atoms with Crippen LogP contribution >= 0.6 is 0 Å². The SMILES string of the molecule is OC1(CNc2ccncc2-c2cccnc2)CCOC1. The van der Waals surface area contributed by atoms with E-state index < -0.39 is 5.60 Å². The van der Waals surface area contributed by atoms with Gasteiger partial charge in [0.25, 0.3) is 0 Å². The van der Waals surface area contributed by atoms with Gasteiger partial charge < -0.3 is 15.2 Å². The number of aromatic nitrogens is 2. The lowest BCUT2D eigenvalue weighted by Crippen LogP contribution is -2.37. The molecular weight excluding hydrogens is 254 g/mol. The maximum atomic E-state index is 10.3. The van der Waals surface area contributed by atoms with Gasteiger partial charge in [-0.05, 0) is 12.1 Å². The molecule has 1 aliphatic heterocycles. The Bertz CT molecular complexity index is 568. The molecule has 0 aromatic carbocycles. The van der Waals surface area contributed by atoms with Crippen LogP contribution in [0.2, 0.25) is 0 Å². The van der Waals surface area contributed by atoms with Crippen LogP contribution in [0, 0.1) is 0 Å². The lowest BCUT2D eigenvalue weighted by atomic mass is 10.0. The van der Waals surface area contributed by atoms with Crippen LogP contribution in [0.5, 0.6) is 0 Å². The lowest BCUT2D eigenvalue weighted by Gasteiger charge is -2.22. The van der Waals surface area contributed by atoms with Crippen LogP contribution < -0.4 is 5.32 Å². The number of hydrogen-bond acceptors (Lipinski definition) is 5. The van der Waals surface area contributed by atoms with Crippen LogP contribution in [0.15, 0.2) is 43.0 Å². The van der Waals surface area contributed by atoms with E-state index in [1.165, 1.54) is 0 Å². The van der Waals surface area contributed by atoms with Crippen molar-refractivity contribution in [2.75, 3.05) is 25.1 Å². The molecule has 1 aliphatic rings. The molecule has 3 heterocycles. The molecule has 20 heavy (non-hydrogen) atoms. The molecule has 0 radical (unpaired) electrons. The van der Waals surface area contributed by atoms with E-state index in [4.69, 9.17) is 4.74 Å². The summed E-state index contributed by atoms with van der Waals surface area (Å²) in [4.78, 5) is 8.29. The lowest BCUT2D eigenvalue weighted by molar-refractivity contribution is 0.0382. The first kappa shape index (κ1) is 13.0. The van der Waals surface area contributed by atoms with Gasteiger partial charge >= 0.3 is 0 Å². The summed E-state index contributed by atoms with van der Waals surface area (Å²) in [5, 5.41) is 13.6.